The van der Waals surface area contributed by atoms with Crippen LogP contribution in [0.3, 0.4) is 0 Å². The summed E-state index contributed by atoms with van der Waals surface area (Å²) in [6.07, 6.45) is 6.00. The molecule has 0 unspecified atom stereocenters. The average Bonchev–Trinajstić information content (AvgIpc) is 3.13. The lowest BCUT2D eigenvalue weighted by molar-refractivity contribution is 0.415. The van der Waals surface area contributed by atoms with Crippen molar-refractivity contribution in [2.24, 2.45) is 0 Å². The van der Waals surface area contributed by atoms with Crippen LogP contribution in [0.2, 0.25) is 15.1 Å². The minimum atomic E-state index is 0. The third-order valence-corrected chi connectivity index (χ3v) is 4.45. The highest BCUT2D eigenvalue weighted by Crippen LogP contribution is 2.35. The van der Waals surface area contributed by atoms with E-state index in [1.165, 1.54) is 18.2 Å². The molecule has 0 aliphatic heterocycles. The van der Waals surface area contributed by atoms with Gasteiger partial charge in [-0.3, -0.25) is 4.98 Å². The van der Waals surface area contributed by atoms with Gasteiger partial charge in [0.25, 0.3) is 0 Å². The normalized spacial score (nSPS) is 9.29. The Morgan fingerprint density at radius 1 is 0.964 bits per heavy atom. The largest absolute Gasteiger partial charge is 0.494 e. The molecule has 0 spiro atoms. The van der Waals surface area contributed by atoms with Crippen LogP contribution < -0.4 is 10.9 Å². The van der Waals surface area contributed by atoms with Crippen molar-refractivity contribution in [3.05, 3.63) is 80.8 Å². The second-order valence-electron chi connectivity index (χ2n) is 5.83. The van der Waals surface area contributed by atoms with E-state index in [0.717, 1.165) is 12.2 Å². The van der Waals surface area contributed by atoms with Gasteiger partial charge in [-0.1, -0.05) is 40.9 Å². The maximum atomic E-state index is 5.74. The number of nitrogens with zero attached hydrogens (tertiary/aromatic N) is 2. The van der Waals surface area contributed by atoms with Gasteiger partial charge in [-0.05, 0) is 63.1 Å². The number of benzene rings is 1. The van der Waals surface area contributed by atoms with Crippen LogP contribution in [0.5, 0.6) is 5.75 Å². The summed E-state index contributed by atoms with van der Waals surface area (Å²) >= 11 is 17.1. The van der Waals surface area contributed by atoms with E-state index in [-0.39, 0.29) is 6.15 Å². The van der Waals surface area contributed by atoms with Gasteiger partial charge in [0.15, 0.2) is 5.75 Å². The Hall–Kier alpha value is -1.72. The highest BCUT2D eigenvalue weighted by Gasteiger charge is 2.06. The van der Waals surface area contributed by atoms with Crippen LogP contribution >= 0.6 is 34.8 Å². The topological polar surface area (TPSA) is 62.0 Å². The minimum Gasteiger partial charge on any atom is -0.494 e. The van der Waals surface area contributed by atoms with Crippen LogP contribution in [0.15, 0.2) is 48.9 Å². The SMILES string of the molecule is CCn1cccc1.COc1c(Cl)cc(Cl)cc1Cl.Cc1cnc(C)c(C)c1.N. The Morgan fingerprint density at radius 3 is 1.86 bits per heavy atom. The van der Waals surface area contributed by atoms with E-state index in [2.05, 4.69) is 48.8 Å². The number of methoxy groups -OCH3 is 1. The van der Waals surface area contributed by atoms with E-state index >= 15 is 0 Å². The van der Waals surface area contributed by atoms with Crippen molar-refractivity contribution in [3.63, 3.8) is 0 Å². The van der Waals surface area contributed by atoms with Crippen LogP contribution in [0.4, 0.5) is 0 Å². The minimum absolute atomic E-state index is 0. The van der Waals surface area contributed by atoms with E-state index in [1.807, 2.05) is 25.3 Å². The molecule has 0 saturated heterocycles. The van der Waals surface area contributed by atoms with Crippen molar-refractivity contribution >= 4 is 34.8 Å². The Balaban J connectivity index is 0.000000393. The predicted molar refractivity (Wildman–Crippen MR) is 122 cm³/mol. The van der Waals surface area contributed by atoms with Gasteiger partial charge < -0.3 is 15.5 Å². The van der Waals surface area contributed by atoms with Crippen molar-refractivity contribution in [2.45, 2.75) is 34.2 Å². The Kier molecular flexibility index (Phi) is 12.6. The van der Waals surface area contributed by atoms with Crippen LogP contribution in [0.25, 0.3) is 0 Å². The third-order valence-electron chi connectivity index (χ3n) is 3.68. The molecule has 4 nitrogen and oxygen atoms in total. The molecule has 0 atom stereocenters. The number of rotatable bonds is 2. The molecule has 3 aromatic rings. The van der Waals surface area contributed by atoms with Gasteiger partial charge in [-0.15, -0.1) is 0 Å². The fraction of sp³-hybridized carbons (Fsp3) is 0.286. The molecule has 7 heteroatoms. The Morgan fingerprint density at radius 2 is 1.50 bits per heavy atom. The first kappa shape index (κ1) is 26.3. The highest BCUT2D eigenvalue weighted by atomic mass is 35.5. The van der Waals surface area contributed by atoms with Gasteiger partial charge in [-0.25, -0.2) is 0 Å². The third kappa shape index (κ3) is 8.98. The molecule has 154 valence electrons. The molecule has 3 rings (SSSR count). The maximum Gasteiger partial charge on any atom is 0.156 e. The van der Waals surface area contributed by atoms with E-state index in [4.69, 9.17) is 39.5 Å². The van der Waals surface area contributed by atoms with Crippen molar-refractivity contribution in [1.82, 2.24) is 15.7 Å². The number of ether oxygens (including phenoxy) is 1. The molecule has 0 radical (unpaired) electrons. The summed E-state index contributed by atoms with van der Waals surface area (Å²) < 4.78 is 7.03. The molecule has 0 fully saturated rings. The van der Waals surface area contributed by atoms with Gasteiger partial charge >= 0.3 is 0 Å². The highest BCUT2D eigenvalue weighted by molar-refractivity contribution is 6.40. The zero-order valence-corrected chi connectivity index (χ0v) is 19.2. The first-order valence-corrected chi connectivity index (χ1v) is 9.61. The average molecular weight is 445 g/mol. The monoisotopic (exact) mass is 443 g/mol. The number of halogens is 3. The molecule has 0 aliphatic rings. The van der Waals surface area contributed by atoms with E-state index in [9.17, 15) is 0 Å². The van der Waals surface area contributed by atoms with Crippen LogP contribution in [0.1, 0.15) is 23.7 Å². The summed E-state index contributed by atoms with van der Waals surface area (Å²) in [7, 11) is 1.50. The predicted octanol–water partition coefficient (Wildman–Crippen LogP) is 7.33. The second-order valence-corrected chi connectivity index (χ2v) is 7.08. The van der Waals surface area contributed by atoms with Gasteiger partial charge in [-0.2, -0.15) is 0 Å². The number of aryl methyl sites for hydroxylation is 4. The Labute approximate surface area is 183 Å². The van der Waals surface area contributed by atoms with Gasteiger partial charge in [0, 0.05) is 35.9 Å². The van der Waals surface area contributed by atoms with Gasteiger partial charge in [0.1, 0.15) is 0 Å². The standard InChI is InChI=1S/C8H11N.C7H5Cl3O.C6H9N.H3N/c1-6-4-7(2)8(3)9-5-6;1-11-7-5(9)2-4(8)3-6(7)10;1-2-7-5-3-4-6-7;/h4-5H,1-3H3;2-3H,1H3;3-6H,2H2,1H3;1H3. The quantitative estimate of drug-likeness (QED) is 0.450. The number of hydrogen-bond acceptors (Lipinski definition) is 3. The lowest BCUT2D eigenvalue weighted by Gasteiger charge is -2.04. The maximum absolute atomic E-state index is 5.74. The molecule has 0 amide bonds. The molecule has 2 aromatic heterocycles. The number of hydrogen-bond donors (Lipinski definition) is 1. The number of aromatic nitrogens is 2. The molecule has 0 bridgehead atoms. The number of pyridine rings is 1. The summed E-state index contributed by atoms with van der Waals surface area (Å²) in [6.45, 7) is 9.36. The smallest absolute Gasteiger partial charge is 0.156 e. The summed E-state index contributed by atoms with van der Waals surface area (Å²) in [5.41, 5.74) is 3.63. The Bertz CT molecular complexity index is 814. The van der Waals surface area contributed by atoms with Gasteiger partial charge in [0.05, 0.1) is 17.2 Å². The van der Waals surface area contributed by atoms with E-state index in [1.54, 1.807) is 12.1 Å². The zero-order chi connectivity index (χ0) is 20.4. The summed E-state index contributed by atoms with van der Waals surface area (Å²) in [5.74, 6) is 0.456. The summed E-state index contributed by atoms with van der Waals surface area (Å²) in [6, 6.07) is 9.36. The summed E-state index contributed by atoms with van der Waals surface area (Å²) in [4.78, 5) is 4.18. The zero-order valence-electron chi connectivity index (χ0n) is 17.0. The van der Waals surface area contributed by atoms with Crippen molar-refractivity contribution in [2.75, 3.05) is 7.11 Å². The van der Waals surface area contributed by atoms with Gasteiger partial charge in [0.2, 0.25) is 0 Å². The van der Waals surface area contributed by atoms with E-state index < -0.39 is 0 Å². The lowest BCUT2D eigenvalue weighted by Crippen LogP contribution is -1.85. The molecule has 1 aromatic carbocycles. The van der Waals surface area contributed by atoms with Crippen LogP contribution in [-0.4, -0.2) is 16.7 Å². The van der Waals surface area contributed by atoms with Crippen molar-refractivity contribution < 1.29 is 4.74 Å². The molecule has 3 N–H and O–H groups in total. The van der Waals surface area contributed by atoms with Crippen LogP contribution in [-0.2, 0) is 6.54 Å². The summed E-state index contributed by atoms with van der Waals surface area (Å²) in [5, 5.41) is 1.34. The molecular weight excluding hydrogens is 417 g/mol. The first-order valence-electron chi connectivity index (χ1n) is 8.47. The fourth-order valence-electron chi connectivity index (χ4n) is 2.09. The van der Waals surface area contributed by atoms with Crippen molar-refractivity contribution in [3.8, 4) is 5.75 Å². The van der Waals surface area contributed by atoms with Crippen molar-refractivity contribution in [1.29, 1.82) is 0 Å². The lowest BCUT2D eigenvalue weighted by atomic mass is 10.2. The molecular formula is C21H28Cl3N3O. The molecule has 0 saturated carbocycles. The first-order chi connectivity index (χ1) is 12.8. The second kappa shape index (κ2) is 13.5. The van der Waals surface area contributed by atoms with Crippen LogP contribution in [0, 0.1) is 20.8 Å². The fourth-order valence-corrected chi connectivity index (χ4v) is 3.06. The molecule has 28 heavy (non-hydrogen) atoms. The van der Waals surface area contributed by atoms with E-state index in [0.29, 0.717) is 20.8 Å². The molecule has 0 aliphatic carbocycles. The molecule has 2 heterocycles.